The highest BCUT2D eigenvalue weighted by Crippen LogP contribution is 2.25. The fraction of sp³-hybridized carbons (Fsp3) is 0.375. The first kappa shape index (κ1) is 14.5. The van der Waals surface area contributed by atoms with Crippen LogP contribution in [0.2, 0.25) is 0 Å². The number of hydrogen-bond donors (Lipinski definition) is 1. The molecule has 1 aromatic carbocycles. The molecule has 0 saturated heterocycles. The van der Waals surface area contributed by atoms with Gasteiger partial charge >= 0.3 is 0 Å². The third-order valence-electron chi connectivity index (χ3n) is 3.23. The molecule has 1 heterocycles. The molecule has 0 amide bonds. The van der Waals surface area contributed by atoms with Crippen molar-refractivity contribution >= 4 is 0 Å². The van der Waals surface area contributed by atoms with E-state index in [4.69, 9.17) is 4.74 Å². The van der Waals surface area contributed by atoms with Crippen LogP contribution in [0, 0.1) is 6.92 Å². The molecule has 0 aliphatic rings. The van der Waals surface area contributed by atoms with Gasteiger partial charge in [0.15, 0.2) is 0 Å². The van der Waals surface area contributed by atoms with Gasteiger partial charge in [-0.15, -0.1) is 0 Å². The normalized spacial score (nSPS) is 12.2. The topological polar surface area (TPSA) is 47.0 Å². The van der Waals surface area contributed by atoms with Crippen LogP contribution in [0.15, 0.2) is 36.8 Å². The molecule has 1 atom stereocenters. The SMILES string of the molecule is CCCNC(c1ccc(OC)c(C)c1)c1cnccn1. The summed E-state index contributed by atoms with van der Waals surface area (Å²) in [6.07, 6.45) is 6.31. The molecule has 0 fully saturated rings. The molecule has 0 aliphatic heterocycles. The average Bonchev–Trinajstić information content (AvgIpc) is 2.49. The Morgan fingerprint density at radius 1 is 1.30 bits per heavy atom. The van der Waals surface area contributed by atoms with Gasteiger partial charge in [0.2, 0.25) is 0 Å². The van der Waals surface area contributed by atoms with Gasteiger partial charge in [0.05, 0.1) is 25.0 Å². The second kappa shape index (κ2) is 7.01. The van der Waals surface area contributed by atoms with E-state index in [9.17, 15) is 0 Å². The number of ether oxygens (including phenoxy) is 1. The van der Waals surface area contributed by atoms with Crippen LogP contribution in [0.4, 0.5) is 0 Å². The Labute approximate surface area is 120 Å². The summed E-state index contributed by atoms with van der Waals surface area (Å²) in [6.45, 7) is 5.14. The van der Waals surface area contributed by atoms with Gasteiger partial charge < -0.3 is 10.1 Å². The maximum Gasteiger partial charge on any atom is 0.121 e. The van der Waals surface area contributed by atoms with Gasteiger partial charge in [-0.3, -0.25) is 9.97 Å². The quantitative estimate of drug-likeness (QED) is 0.877. The minimum Gasteiger partial charge on any atom is -0.496 e. The molecule has 1 N–H and O–H groups in total. The second-order valence-electron chi connectivity index (χ2n) is 4.75. The first-order valence-electron chi connectivity index (χ1n) is 6.90. The number of nitrogens with one attached hydrogen (secondary N) is 1. The van der Waals surface area contributed by atoms with Crippen molar-refractivity contribution in [2.45, 2.75) is 26.3 Å². The highest BCUT2D eigenvalue weighted by Gasteiger charge is 2.15. The summed E-state index contributed by atoms with van der Waals surface area (Å²) in [5.74, 6) is 0.905. The Bertz CT molecular complexity index is 543. The first-order chi connectivity index (χ1) is 9.76. The molecule has 2 rings (SSSR count). The predicted molar refractivity (Wildman–Crippen MR) is 79.9 cm³/mol. The minimum absolute atomic E-state index is 0.0632. The number of rotatable bonds is 6. The molecule has 0 radical (unpaired) electrons. The van der Waals surface area contributed by atoms with Crippen molar-refractivity contribution in [1.29, 1.82) is 0 Å². The monoisotopic (exact) mass is 271 g/mol. The summed E-state index contributed by atoms with van der Waals surface area (Å²) >= 11 is 0. The summed E-state index contributed by atoms with van der Waals surface area (Å²) < 4.78 is 5.32. The fourth-order valence-corrected chi connectivity index (χ4v) is 2.22. The average molecular weight is 271 g/mol. The molecular weight excluding hydrogens is 250 g/mol. The standard InChI is InChI=1S/C16H21N3O/c1-4-7-19-16(14-11-17-8-9-18-14)13-5-6-15(20-3)12(2)10-13/h5-6,8-11,16,19H,4,7H2,1-3H3. The van der Waals surface area contributed by atoms with Crippen molar-refractivity contribution in [3.8, 4) is 5.75 Å². The Hall–Kier alpha value is -1.94. The molecule has 2 aromatic rings. The minimum atomic E-state index is 0.0632. The van der Waals surface area contributed by atoms with Gasteiger partial charge in [-0.1, -0.05) is 19.1 Å². The first-order valence-corrected chi connectivity index (χ1v) is 6.90. The molecule has 4 heteroatoms. The predicted octanol–water partition coefficient (Wildman–Crippen LogP) is 2.88. The van der Waals surface area contributed by atoms with Gasteiger partial charge in [-0.2, -0.15) is 0 Å². The number of aromatic nitrogens is 2. The van der Waals surface area contributed by atoms with Crippen molar-refractivity contribution in [2.75, 3.05) is 13.7 Å². The zero-order chi connectivity index (χ0) is 14.4. The van der Waals surface area contributed by atoms with Crippen LogP contribution in [0.5, 0.6) is 5.75 Å². The van der Waals surface area contributed by atoms with E-state index in [0.29, 0.717) is 0 Å². The second-order valence-corrected chi connectivity index (χ2v) is 4.75. The molecule has 20 heavy (non-hydrogen) atoms. The highest BCUT2D eigenvalue weighted by molar-refractivity contribution is 5.39. The van der Waals surface area contributed by atoms with E-state index in [2.05, 4.69) is 41.3 Å². The maximum absolute atomic E-state index is 5.32. The lowest BCUT2D eigenvalue weighted by molar-refractivity contribution is 0.411. The van der Waals surface area contributed by atoms with Crippen LogP contribution < -0.4 is 10.1 Å². The van der Waals surface area contributed by atoms with E-state index in [1.807, 2.05) is 12.3 Å². The lowest BCUT2D eigenvalue weighted by Crippen LogP contribution is -2.24. The van der Waals surface area contributed by atoms with Crippen LogP contribution in [-0.2, 0) is 0 Å². The molecule has 0 spiro atoms. The van der Waals surface area contributed by atoms with Gasteiger partial charge in [0.25, 0.3) is 0 Å². The maximum atomic E-state index is 5.32. The van der Waals surface area contributed by atoms with E-state index >= 15 is 0 Å². The molecule has 1 unspecified atom stereocenters. The third-order valence-corrected chi connectivity index (χ3v) is 3.23. The lowest BCUT2D eigenvalue weighted by Gasteiger charge is -2.19. The fourth-order valence-electron chi connectivity index (χ4n) is 2.22. The van der Waals surface area contributed by atoms with Crippen LogP contribution in [-0.4, -0.2) is 23.6 Å². The van der Waals surface area contributed by atoms with Gasteiger partial charge in [0.1, 0.15) is 5.75 Å². The molecule has 1 aromatic heterocycles. The molecule has 0 bridgehead atoms. The Kier molecular flexibility index (Phi) is 5.07. The third kappa shape index (κ3) is 3.33. The Balaban J connectivity index is 2.33. The zero-order valence-electron chi connectivity index (χ0n) is 12.3. The van der Waals surface area contributed by atoms with Crippen LogP contribution >= 0.6 is 0 Å². The van der Waals surface area contributed by atoms with Gasteiger partial charge in [0, 0.05) is 12.4 Å². The van der Waals surface area contributed by atoms with Crippen molar-refractivity contribution in [3.63, 3.8) is 0 Å². The molecule has 0 aliphatic carbocycles. The summed E-state index contributed by atoms with van der Waals surface area (Å²) in [5, 5.41) is 3.52. The number of benzene rings is 1. The van der Waals surface area contributed by atoms with Crippen LogP contribution in [0.1, 0.15) is 36.2 Å². The summed E-state index contributed by atoms with van der Waals surface area (Å²) in [7, 11) is 1.69. The van der Waals surface area contributed by atoms with Gasteiger partial charge in [-0.25, -0.2) is 0 Å². The summed E-state index contributed by atoms with van der Waals surface area (Å²) in [5.41, 5.74) is 3.24. The smallest absolute Gasteiger partial charge is 0.121 e. The number of aryl methyl sites for hydroxylation is 1. The largest absolute Gasteiger partial charge is 0.496 e. The molecule has 4 nitrogen and oxygen atoms in total. The molecule has 106 valence electrons. The van der Waals surface area contributed by atoms with Crippen molar-refractivity contribution in [2.24, 2.45) is 0 Å². The van der Waals surface area contributed by atoms with Crippen molar-refractivity contribution in [1.82, 2.24) is 15.3 Å². The van der Waals surface area contributed by atoms with E-state index in [-0.39, 0.29) is 6.04 Å². The Morgan fingerprint density at radius 3 is 2.75 bits per heavy atom. The highest BCUT2D eigenvalue weighted by atomic mass is 16.5. The van der Waals surface area contributed by atoms with E-state index < -0.39 is 0 Å². The number of methoxy groups -OCH3 is 1. The number of nitrogens with zero attached hydrogens (tertiary/aromatic N) is 2. The molecule has 0 saturated carbocycles. The van der Waals surface area contributed by atoms with Gasteiger partial charge in [-0.05, 0) is 37.1 Å². The van der Waals surface area contributed by atoms with Crippen LogP contribution in [0.25, 0.3) is 0 Å². The summed E-state index contributed by atoms with van der Waals surface area (Å²) in [6, 6.07) is 6.28. The van der Waals surface area contributed by atoms with Crippen molar-refractivity contribution < 1.29 is 4.74 Å². The molecular formula is C16H21N3O. The summed E-state index contributed by atoms with van der Waals surface area (Å²) in [4.78, 5) is 8.59. The lowest BCUT2D eigenvalue weighted by atomic mass is 10.0. The van der Waals surface area contributed by atoms with E-state index in [0.717, 1.165) is 30.0 Å². The zero-order valence-corrected chi connectivity index (χ0v) is 12.3. The van der Waals surface area contributed by atoms with E-state index in [1.165, 1.54) is 5.56 Å². The van der Waals surface area contributed by atoms with E-state index in [1.54, 1.807) is 19.5 Å². The number of hydrogen-bond acceptors (Lipinski definition) is 4. The van der Waals surface area contributed by atoms with Crippen LogP contribution in [0.3, 0.4) is 0 Å². The van der Waals surface area contributed by atoms with Crippen molar-refractivity contribution in [3.05, 3.63) is 53.6 Å². The Morgan fingerprint density at radius 2 is 2.15 bits per heavy atom.